The molecule has 2 nitrogen and oxygen atoms in total. The van der Waals surface area contributed by atoms with Gasteiger partial charge in [-0.15, -0.1) is 0 Å². The molecular weight excluding hydrogens is 236 g/mol. The molecular formula is C14H19F2NO. The van der Waals surface area contributed by atoms with Gasteiger partial charge in [0.25, 0.3) is 0 Å². The molecule has 0 aromatic heterocycles. The van der Waals surface area contributed by atoms with Crippen molar-refractivity contribution in [2.24, 2.45) is 11.1 Å². The van der Waals surface area contributed by atoms with Gasteiger partial charge in [0.1, 0.15) is 11.9 Å². The van der Waals surface area contributed by atoms with Crippen LogP contribution < -0.4 is 10.5 Å². The van der Waals surface area contributed by atoms with Gasteiger partial charge in [0.05, 0.1) is 0 Å². The van der Waals surface area contributed by atoms with E-state index in [0.717, 1.165) is 31.4 Å². The van der Waals surface area contributed by atoms with Crippen LogP contribution in [-0.2, 0) is 0 Å². The predicted octanol–water partition coefficient (Wildman–Crippen LogP) is 3.25. The number of halogens is 2. The molecule has 2 rings (SSSR count). The normalized spacial score (nSPS) is 25.6. The third-order valence-corrected chi connectivity index (χ3v) is 4.33. The van der Waals surface area contributed by atoms with Crippen molar-refractivity contribution < 1.29 is 13.5 Å². The highest BCUT2D eigenvalue weighted by atomic mass is 19.2. The molecule has 0 bridgehead atoms. The Hall–Kier alpha value is -1.16. The van der Waals surface area contributed by atoms with Crippen molar-refractivity contribution in [3.8, 4) is 5.75 Å². The maximum absolute atomic E-state index is 13.1. The van der Waals surface area contributed by atoms with Gasteiger partial charge in [-0.25, -0.2) is 8.78 Å². The molecule has 0 amide bonds. The van der Waals surface area contributed by atoms with E-state index in [-0.39, 0.29) is 17.6 Å². The molecule has 1 aliphatic rings. The van der Waals surface area contributed by atoms with Crippen molar-refractivity contribution in [1.82, 2.24) is 0 Å². The molecule has 1 aromatic rings. The highest BCUT2D eigenvalue weighted by Crippen LogP contribution is 2.47. The summed E-state index contributed by atoms with van der Waals surface area (Å²) in [7, 11) is 0. The Morgan fingerprint density at radius 3 is 2.44 bits per heavy atom. The summed E-state index contributed by atoms with van der Waals surface area (Å²) in [4.78, 5) is 0. The average Bonchev–Trinajstić information content (AvgIpc) is 2.35. The van der Waals surface area contributed by atoms with Gasteiger partial charge in [-0.2, -0.15) is 0 Å². The number of ether oxygens (including phenoxy) is 1. The summed E-state index contributed by atoms with van der Waals surface area (Å²) < 4.78 is 31.7. The van der Waals surface area contributed by atoms with Gasteiger partial charge in [0.15, 0.2) is 11.6 Å². The first-order chi connectivity index (χ1) is 8.53. The summed E-state index contributed by atoms with van der Waals surface area (Å²) in [5.74, 6) is -1.36. The molecule has 0 spiro atoms. The summed E-state index contributed by atoms with van der Waals surface area (Å²) in [5, 5.41) is 0. The van der Waals surface area contributed by atoms with Crippen LogP contribution in [-0.4, -0.2) is 12.1 Å². The molecule has 0 aliphatic heterocycles. The Labute approximate surface area is 106 Å². The van der Waals surface area contributed by atoms with Crippen LogP contribution >= 0.6 is 0 Å². The standard InChI is InChI=1S/C14H19F2NO/c1-3-14(4-2)12(17)8-13(14)18-9-5-6-10(15)11(16)7-9/h5-7,12-13H,3-4,8,17H2,1-2H3. The van der Waals surface area contributed by atoms with Crippen molar-refractivity contribution in [2.75, 3.05) is 0 Å². The van der Waals surface area contributed by atoms with E-state index >= 15 is 0 Å². The Bertz CT molecular complexity index is 432. The van der Waals surface area contributed by atoms with Crippen LogP contribution in [0.1, 0.15) is 33.1 Å². The van der Waals surface area contributed by atoms with E-state index < -0.39 is 11.6 Å². The lowest BCUT2D eigenvalue weighted by molar-refractivity contribution is -0.0723. The molecule has 4 heteroatoms. The third kappa shape index (κ3) is 1.99. The smallest absolute Gasteiger partial charge is 0.162 e. The first-order valence-corrected chi connectivity index (χ1v) is 6.40. The summed E-state index contributed by atoms with van der Waals surface area (Å²) in [6, 6.07) is 3.76. The summed E-state index contributed by atoms with van der Waals surface area (Å²) in [6.07, 6.45) is 2.62. The number of hydrogen-bond acceptors (Lipinski definition) is 2. The molecule has 1 aliphatic carbocycles. The lowest BCUT2D eigenvalue weighted by Crippen LogP contribution is -2.62. The van der Waals surface area contributed by atoms with Gasteiger partial charge < -0.3 is 10.5 Å². The highest BCUT2D eigenvalue weighted by Gasteiger charge is 2.52. The predicted molar refractivity (Wildman–Crippen MR) is 66.4 cm³/mol. The van der Waals surface area contributed by atoms with Crippen LogP contribution in [0, 0.1) is 17.0 Å². The first-order valence-electron chi connectivity index (χ1n) is 6.40. The monoisotopic (exact) mass is 255 g/mol. The zero-order chi connectivity index (χ0) is 13.3. The van der Waals surface area contributed by atoms with E-state index in [1.54, 1.807) is 0 Å². The average molecular weight is 255 g/mol. The van der Waals surface area contributed by atoms with E-state index in [4.69, 9.17) is 10.5 Å². The van der Waals surface area contributed by atoms with Gasteiger partial charge in [-0.3, -0.25) is 0 Å². The molecule has 1 fully saturated rings. The minimum absolute atomic E-state index is 0.00707. The molecule has 0 radical (unpaired) electrons. The Morgan fingerprint density at radius 1 is 1.28 bits per heavy atom. The quantitative estimate of drug-likeness (QED) is 0.896. The second-order valence-corrected chi connectivity index (χ2v) is 4.96. The van der Waals surface area contributed by atoms with Gasteiger partial charge in [0.2, 0.25) is 0 Å². The van der Waals surface area contributed by atoms with E-state index in [1.807, 2.05) is 0 Å². The van der Waals surface area contributed by atoms with Gasteiger partial charge in [-0.1, -0.05) is 13.8 Å². The fourth-order valence-electron chi connectivity index (χ4n) is 2.89. The van der Waals surface area contributed by atoms with Crippen LogP contribution in [0.3, 0.4) is 0 Å². The maximum atomic E-state index is 13.1. The van der Waals surface area contributed by atoms with Crippen molar-refractivity contribution in [2.45, 2.75) is 45.3 Å². The molecule has 0 heterocycles. The molecule has 1 aromatic carbocycles. The summed E-state index contributed by atoms with van der Waals surface area (Å²) in [6.45, 7) is 4.17. The fraction of sp³-hybridized carbons (Fsp3) is 0.571. The number of hydrogen-bond donors (Lipinski definition) is 1. The second kappa shape index (κ2) is 4.84. The fourth-order valence-corrected chi connectivity index (χ4v) is 2.89. The lowest BCUT2D eigenvalue weighted by atomic mass is 9.59. The molecule has 100 valence electrons. The number of nitrogens with two attached hydrogens (primary N) is 1. The van der Waals surface area contributed by atoms with Gasteiger partial charge >= 0.3 is 0 Å². The van der Waals surface area contributed by atoms with E-state index in [1.165, 1.54) is 6.07 Å². The van der Waals surface area contributed by atoms with Gasteiger partial charge in [0, 0.05) is 23.9 Å². The Kier molecular flexibility index (Phi) is 3.57. The van der Waals surface area contributed by atoms with E-state index in [0.29, 0.717) is 5.75 Å². The third-order valence-electron chi connectivity index (χ3n) is 4.33. The van der Waals surface area contributed by atoms with Crippen molar-refractivity contribution >= 4 is 0 Å². The Morgan fingerprint density at radius 2 is 1.94 bits per heavy atom. The largest absolute Gasteiger partial charge is 0.490 e. The molecule has 18 heavy (non-hydrogen) atoms. The lowest BCUT2D eigenvalue weighted by Gasteiger charge is -2.53. The van der Waals surface area contributed by atoms with E-state index in [2.05, 4.69) is 13.8 Å². The van der Waals surface area contributed by atoms with Crippen LogP contribution in [0.4, 0.5) is 8.78 Å². The van der Waals surface area contributed by atoms with Crippen molar-refractivity contribution in [3.05, 3.63) is 29.8 Å². The van der Waals surface area contributed by atoms with Crippen LogP contribution in [0.5, 0.6) is 5.75 Å². The molecule has 0 saturated heterocycles. The Balaban J connectivity index is 2.12. The van der Waals surface area contributed by atoms with Crippen LogP contribution in [0.15, 0.2) is 18.2 Å². The van der Waals surface area contributed by atoms with Crippen molar-refractivity contribution in [3.63, 3.8) is 0 Å². The molecule has 2 unspecified atom stereocenters. The zero-order valence-electron chi connectivity index (χ0n) is 10.7. The first kappa shape index (κ1) is 13.3. The number of benzene rings is 1. The topological polar surface area (TPSA) is 35.2 Å². The van der Waals surface area contributed by atoms with Gasteiger partial charge in [-0.05, 0) is 25.0 Å². The molecule has 1 saturated carbocycles. The summed E-state index contributed by atoms with van der Waals surface area (Å²) >= 11 is 0. The SMILES string of the molecule is CCC1(CC)C(N)CC1Oc1ccc(F)c(F)c1. The minimum atomic E-state index is -0.880. The maximum Gasteiger partial charge on any atom is 0.162 e. The highest BCUT2D eigenvalue weighted by molar-refractivity contribution is 5.25. The minimum Gasteiger partial charge on any atom is -0.490 e. The van der Waals surface area contributed by atoms with Crippen LogP contribution in [0.2, 0.25) is 0 Å². The van der Waals surface area contributed by atoms with E-state index in [9.17, 15) is 8.78 Å². The zero-order valence-corrected chi connectivity index (χ0v) is 10.7. The van der Waals surface area contributed by atoms with Crippen molar-refractivity contribution in [1.29, 1.82) is 0 Å². The molecule has 2 atom stereocenters. The number of rotatable bonds is 4. The summed E-state index contributed by atoms with van der Waals surface area (Å²) in [5.41, 5.74) is 6.03. The molecule has 2 N–H and O–H groups in total. The second-order valence-electron chi connectivity index (χ2n) is 4.96. The van der Waals surface area contributed by atoms with Crippen LogP contribution in [0.25, 0.3) is 0 Å².